The first-order valence-corrected chi connectivity index (χ1v) is 11.9. The second-order valence-electron chi connectivity index (χ2n) is 7.40. The third-order valence-corrected chi connectivity index (χ3v) is 5.83. The Morgan fingerprint density at radius 3 is 2.07 bits per heavy atom. The van der Waals surface area contributed by atoms with Crippen LogP contribution in [-0.4, -0.2) is 18.1 Å². The average molecular weight is 421 g/mol. The molecule has 0 amide bonds. The Morgan fingerprint density at radius 1 is 0.828 bits per heavy atom. The van der Waals surface area contributed by atoms with Crippen LogP contribution in [0.25, 0.3) is 0 Å². The Balaban J connectivity index is 1.82. The van der Waals surface area contributed by atoms with Gasteiger partial charge in [-0.05, 0) is 42.7 Å². The molecule has 0 aliphatic rings. The van der Waals surface area contributed by atoms with Crippen LogP contribution < -0.4 is 4.74 Å². The predicted molar refractivity (Wildman–Crippen MR) is 115 cm³/mol. The number of hydrogen-bond donors (Lipinski definition) is 2. The molecule has 0 aromatic heterocycles. The normalized spacial score (nSPS) is 11.5. The fourth-order valence-corrected chi connectivity index (χ4v) is 3.93. The molecule has 0 saturated heterocycles. The molecule has 0 spiro atoms. The summed E-state index contributed by atoms with van der Waals surface area (Å²) in [7, 11) is -4.41. The monoisotopic (exact) mass is 420 g/mol. The third-order valence-electron chi connectivity index (χ3n) is 4.94. The molecule has 0 aliphatic heterocycles. The highest BCUT2D eigenvalue weighted by molar-refractivity contribution is 7.86. The van der Waals surface area contributed by atoms with E-state index in [4.69, 9.17) is 4.74 Å². The van der Waals surface area contributed by atoms with Gasteiger partial charge in [0.15, 0.2) is 11.5 Å². The number of hydrogen-bond acceptors (Lipinski definition) is 4. The Bertz CT molecular complexity index is 861. The van der Waals surface area contributed by atoms with Crippen molar-refractivity contribution in [1.29, 1.82) is 0 Å². The topological polar surface area (TPSA) is 83.8 Å². The lowest BCUT2D eigenvalue weighted by Crippen LogP contribution is -2.01. The van der Waals surface area contributed by atoms with E-state index in [1.807, 2.05) is 6.07 Å². The fraction of sp³-hybridized carbons (Fsp3) is 0.478. The van der Waals surface area contributed by atoms with Gasteiger partial charge in [0, 0.05) is 0 Å². The first-order valence-electron chi connectivity index (χ1n) is 10.5. The minimum Gasteiger partial charge on any atom is -0.504 e. The lowest BCUT2D eigenvalue weighted by atomic mass is 10.0. The minimum absolute atomic E-state index is 0.0306. The molecular formula is C23H32O5S. The zero-order valence-electron chi connectivity index (χ0n) is 17.1. The number of rotatable bonds is 13. The number of aryl methyl sites for hydroxylation is 1. The standard InChI is InChI=1S/C23H32O5S/c1-2-3-4-5-6-7-8-9-10-13-19-16-17-21(20(24)18-19)28-22-14-11-12-15-23(22)29(25,26)27/h11-12,14-18,24H,2-10,13H2,1H3,(H,25,26,27). The number of phenolic OH excluding ortho intramolecular Hbond substituents is 1. The van der Waals surface area contributed by atoms with Crippen molar-refractivity contribution in [3.63, 3.8) is 0 Å². The van der Waals surface area contributed by atoms with Gasteiger partial charge in [0.25, 0.3) is 10.1 Å². The lowest BCUT2D eigenvalue weighted by Gasteiger charge is -2.11. The van der Waals surface area contributed by atoms with Gasteiger partial charge in [-0.15, -0.1) is 0 Å². The van der Waals surface area contributed by atoms with Crippen LogP contribution in [0.1, 0.15) is 70.3 Å². The summed E-state index contributed by atoms with van der Waals surface area (Å²) in [5, 5.41) is 10.3. The molecule has 0 aliphatic carbocycles. The summed E-state index contributed by atoms with van der Waals surface area (Å²) in [6.07, 6.45) is 12.3. The maximum atomic E-state index is 11.5. The van der Waals surface area contributed by atoms with Gasteiger partial charge >= 0.3 is 0 Å². The smallest absolute Gasteiger partial charge is 0.298 e. The molecule has 0 fully saturated rings. The van der Waals surface area contributed by atoms with Crippen molar-refractivity contribution in [1.82, 2.24) is 0 Å². The Morgan fingerprint density at radius 2 is 1.45 bits per heavy atom. The molecule has 2 aromatic carbocycles. The SMILES string of the molecule is CCCCCCCCCCCc1ccc(Oc2ccccc2S(=O)(=O)O)c(O)c1. The molecule has 0 atom stereocenters. The van der Waals surface area contributed by atoms with Crippen LogP contribution in [0, 0.1) is 0 Å². The number of para-hydroxylation sites is 1. The molecule has 2 aromatic rings. The lowest BCUT2D eigenvalue weighted by molar-refractivity contribution is 0.401. The van der Waals surface area contributed by atoms with Crippen molar-refractivity contribution in [2.45, 2.75) is 76.0 Å². The summed E-state index contributed by atoms with van der Waals surface area (Å²) < 4.78 is 37.7. The molecule has 0 bridgehead atoms. The second-order valence-corrected chi connectivity index (χ2v) is 8.79. The zero-order valence-corrected chi connectivity index (χ0v) is 18.0. The van der Waals surface area contributed by atoms with E-state index in [0.29, 0.717) is 0 Å². The first kappa shape index (κ1) is 23.2. The summed E-state index contributed by atoms with van der Waals surface area (Å²) in [6.45, 7) is 2.23. The van der Waals surface area contributed by atoms with Crippen molar-refractivity contribution in [2.75, 3.05) is 0 Å². The number of unbranched alkanes of at least 4 members (excludes halogenated alkanes) is 8. The average Bonchev–Trinajstić information content (AvgIpc) is 2.68. The molecule has 2 N–H and O–H groups in total. The maximum Gasteiger partial charge on any atom is 0.298 e. The van der Waals surface area contributed by atoms with E-state index in [1.165, 1.54) is 69.6 Å². The molecule has 5 nitrogen and oxygen atoms in total. The highest BCUT2D eigenvalue weighted by atomic mass is 32.2. The van der Waals surface area contributed by atoms with Gasteiger partial charge < -0.3 is 9.84 Å². The maximum absolute atomic E-state index is 11.5. The Hall–Kier alpha value is -2.05. The number of aromatic hydroxyl groups is 1. The Kier molecular flexibility index (Phi) is 9.48. The largest absolute Gasteiger partial charge is 0.504 e. The molecule has 0 saturated carbocycles. The number of ether oxygens (including phenoxy) is 1. The predicted octanol–water partition coefficient (Wildman–Crippen LogP) is 6.50. The van der Waals surface area contributed by atoms with Crippen molar-refractivity contribution < 1.29 is 22.8 Å². The quantitative estimate of drug-likeness (QED) is 0.285. The van der Waals surface area contributed by atoms with Gasteiger partial charge in [0.05, 0.1) is 0 Å². The van der Waals surface area contributed by atoms with Crippen LogP contribution in [0.4, 0.5) is 0 Å². The molecule has 0 unspecified atom stereocenters. The summed E-state index contributed by atoms with van der Waals surface area (Å²) in [5.41, 5.74) is 1.01. The van der Waals surface area contributed by atoms with Crippen LogP contribution in [-0.2, 0) is 16.5 Å². The van der Waals surface area contributed by atoms with Gasteiger partial charge in [0.1, 0.15) is 10.6 Å². The minimum atomic E-state index is -4.41. The van der Waals surface area contributed by atoms with E-state index in [1.54, 1.807) is 18.2 Å². The van der Waals surface area contributed by atoms with E-state index in [9.17, 15) is 18.1 Å². The number of benzene rings is 2. The van der Waals surface area contributed by atoms with Crippen LogP contribution in [0.5, 0.6) is 17.2 Å². The highest BCUT2D eigenvalue weighted by Crippen LogP contribution is 2.34. The zero-order chi connectivity index (χ0) is 21.1. The summed E-state index contributed by atoms with van der Waals surface area (Å²) >= 11 is 0. The molecule has 29 heavy (non-hydrogen) atoms. The van der Waals surface area contributed by atoms with Crippen LogP contribution >= 0.6 is 0 Å². The van der Waals surface area contributed by atoms with E-state index < -0.39 is 10.1 Å². The second kappa shape index (κ2) is 11.8. The molecule has 0 radical (unpaired) electrons. The van der Waals surface area contributed by atoms with Gasteiger partial charge in [-0.3, -0.25) is 4.55 Å². The van der Waals surface area contributed by atoms with Gasteiger partial charge in [-0.1, -0.05) is 76.5 Å². The van der Waals surface area contributed by atoms with Crippen LogP contribution in [0.15, 0.2) is 47.4 Å². The highest BCUT2D eigenvalue weighted by Gasteiger charge is 2.17. The number of phenols is 1. The first-order chi connectivity index (χ1) is 13.9. The van der Waals surface area contributed by atoms with E-state index in [0.717, 1.165) is 18.4 Å². The van der Waals surface area contributed by atoms with Crippen molar-refractivity contribution in [2.24, 2.45) is 0 Å². The van der Waals surface area contributed by atoms with Crippen LogP contribution in [0.2, 0.25) is 0 Å². The molecule has 160 valence electrons. The molecule has 6 heteroatoms. The van der Waals surface area contributed by atoms with E-state index >= 15 is 0 Å². The molecule has 0 heterocycles. The van der Waals surface area contributed by atoms with Gasteiger partial charge in [-0.2, -0.15) is 8.42 Å². The third kappa shape index (κ3) is 8.07. The van der Waals surface area contributed by atoms with Crippen molar-refractivity contribution in [3.8, 4) is 17.2 Å². The van der Waals surface area contributed by atoms with E-state index in [2.05, 4.69) is 6.92 Å². The van der Waals surface area contributed by atoms with Gasteiger partial charge in [-0.25, -0.2) is 0 Å². The summed E-state index contributed by atoms with van der Waals surface area (Å²) in [5.74, 6) is 0.0671. The van der Waals surface area contributed by atoms with Crippen LogP contribution in [0.3, 0.4) is 0 Å². The summed E-state index contributed by atoms with van der Waals surface area (Å²) in [4.78, 5) is -0.335. The van der Waals surface area contributed by atoms with E-state index in [-0.39, 0.29) is 22.1 Å². The van der Waals surface area contributed by atoms with Crippen molar-refractivity contribution >= 4 is 10.1 Å². The summed E-state index contributed by atoms with van der Waals surface area (Å²) in [6, 6.07) is 10.9. The van der Waals surface area contributed by atoms with Crippen molar-refractivity contribution in [3.05, 3.63) is 48.0 Å². The molecule has 2 rings (SSSR count). The molecular weight excluding hydrogens is 388 g/mol. The fourth-order valence-electron chi connectivity index (χ4n) is 3.31. The Labute approximate surface area is 174 Å². The van der Waals surface area contributed by atoms with Gasteiger partial charge in [0.2, 0.25) is 0 Å².